The van der Waals surface area contributed by atoms with E-state index in [9.17, 15) is 4.79 Å². The molecule has 3 N–H and O–H groups in total. The molecule has 1 aromatic carbocycles. The van der Waals surface area contributed by atoms with Gasteiger partial charge in [-0.2, -0.15) is 5.10 Å². The molecule has 176 valence electrons. The highest BCUT2D eigenvalue weighted by atomic mass is 16.1. The third kappa shape index (κ3) is 4.47. The molecule has 1 unspecified atom stereocenters. The number of anilines is 2. The van der Waals surface area contributed by atoms with Crippen molar-refractivity contribution in [3.05, 3.63) is 60.0 Å². The highest BCUT2D eigenvalue weighted by Gasteiger charge is 2.36. The van der Waals surface area contributed by atoms with Crippen LogP contribution < -0.4 is 11.1 Å². The molecule has 0 radical (unpaired) electrons. The first-order chi connectivity index (χ1) is 16.4. The van der Waals surface area contributed by atoms with Crippen molar-refractivity contribution in [1.82, 2.24) is 19.6 Å². The number of hydrogen-bond acceptors (Lipinski definition) is 5. The first kappa shape index (κ1) is 22.3. The van der Waals surface area contributed by atoms with Crippen molar-refractivity contribution in [2.24, 2.45) is 5.41 Å². The average Bonchev–Trinajstić information content (AvgIpc) is 3.42. The molecule has 4 aromatic rings. The molecule has 1 saturated carbocycles. The molecule has 5 rings (SSSR count). The molecule has 0 spiro atoms. The zero-order chi connectivity index (χ0) is 23.7. The summed E-state index contributed by atoms with van der Waals surface area (Å²) in [5, 5.41) is 8.44. The molecule has 2 atom stereocenters. The first-order valence-electron chi connectivity index (χ1n) is 12.2. The monoisotopic (exact) mass is 456 g/mol. The fourth-order valence-electron chi connectivity index (χ4n) is 5.35. The SMILES string of the molecule is CCCC(=O)Nc1ccc2ccc(CC[C@]3(C)CCC(c4ccc5c(N)ncnn45)C3)cc2n1. The quantitative estimate of drug-likeness (QED) is 0.382. The lowest BCUT2D eigenvalue weighted by Gasteiger charge is -2.24. The molecule has 34 heavy (non-hydrogen) atoms. The van der Waals surface area contributed by atoms with Gasteiger partial charge in [0.05, 0.1) is 5.52 Å². The molecule has 1 aliphatic rings. The van der Waals surface area contributed by atoms with Gasteiger partial charge in [0, 0.05) is 23.4 Å². The number of hydrogen-bond donors (Lipinski definition) is 2. The Labute approximate surface area is 199 Å². The minimum Gasteiger partial charge on any atom is -0.382 e. The van der Waals surface area contributed by atoms with E-state index in [4.69, 9.17) is 5.73 Å². The van der Waals surface area contributed by atoms with Crippen LogP contribution in [0.3, 0.4) is 0 Å². The van der Waals surface area contributed by atoms with E-state index in [-0.39, 0.29) is 11.3 Å². The maximum absolute atomic E-state index is 11.9. The van der Waals surface area contributed by atoms with Crippen molar-refractivity contribution in [2.45, 2.75) is 64.7 Å². The van der Waals surface area contributed by atoms with Crippen LogP contribution >= 0.6 is 0 Å². The maximum Gasteiger partial charge on any atom is 0.225 e. The van der Waals surface area contributed by atoms with Gasteiger partial charge < -0.3 is 11.1 Å². The Morgan fingerprint density at radius 2 is 2.09 bits per heavy atom. The molecule has 3 aromatic heterocycles. The summed E-state index contributed by atoms with van der Waals surface area (Å²) in [5.74, 6) is 1.64. The number of carbonyl (C=O) groups excluding carboxylic acids is 1. The van der Waals surface area contributed by atoms with Gasteiger partial charge in [-0.1, -0.05) is 26.0 Å². The van der Waals surface area contributed by atoms with Crippen LogP contribution in [0.4, 0.5) is 11.6 Å². The van der Waals surface area contributed by atoms with Crippen molar-refractivity contribution in [2.75, 3.05) is 11.1 Å². The van der Waals surface area contributed by atoms with Crippen LogP contribution in [0.2, 0.25) is 0 Å². The van der Waals surface area contributed by atoms with E-state index in [1.54, 1.807) is 0 Å². The van der Waals surface area contributed by atoms with Crippen LogP contribution in [0.1, 0.15) is 69.5 Å². The minimum absolute atomic E-state index is 0.0131. The van der Waals surface area contributed by atoms with Gasteiger partial charge >= 0.3 is 0 Å². The van der Waals surface area contributed by atoms with Crippen LogP contribution in [0.5, 0.6) is 0 Å². The molecule has 0 aliphatic heterocycles. The topological polar surface area (TPSA) is 98.2 Å². The lowest BCUT2D eigenvalue weighted by molar-refractivity contribution is -0.116. The molecular formula is C27H32N6O. The van der Waals surface area contributed by atoms with Crippen LogP contribution in [0, 0.1) is 5.41 Å². The number of amides is 1. The summed E-state index contributed by atoms with van der Waals surface area (Å²) in [6.07, 6.45) is 8.51. The van der Waals surface area contributed by atoms with Gasteiger partial charge in [-0.15, -0.1) is 0 Å². The smallest absolute Gasteiger partial charge is 0.225 e. The Bertz CT molecular complexity index is 1350. The number of aromatic nitrogens is 4. The molecule has 7 heteroatoms. The Balaban J connectivity index is 1.27. The largest absolute Gasteiger partial charge is 0.382 e. The maximum atomic E-state index is 11.9. The molecule has 7 nitrogen and oxygen atoms in total. The van der Waals surface area contributed by atoms with E-state index in [1.807, 2.05) is 29.6 Å². The number of aryl methyl sites for hydroxylation is 1. The summed E-state index contributed by atoms with van der Waals surface area (Å²) in [5.41, 5.74) is 10.6. The molecule has 1 fully saturated rings. The van der Waals surface area contributed by atoms with E-state index in [0.717, 1.165) is 48.5 Å². The Morgan fingerprint density at radius 3 is 2.94 bits per heavy atom. The number of fused-ring (bicyclic) bond motifs is 2. The normalized spacial score (nSPS) is 20.2. The number of nitrogens with two attached hydrogens (primary N) is 1. The predicted molar refractivity (Wildman–Crippen MR) is 136 cm³/mol. The summed E-state index contributed by atoms with van der Waals surface area (Å²) in [6, 6.07) is 14.6. The van der Waals surface area contributed by atoms with Crippen molar-refractivity contribution in [1.29, 1.82) is 0 Å². The second-order valence-corrected chi connectivity index (χ2v) is 9.97. The van der Waals surface area contributed by atoms with Gasteiger partial charge in [0.15, 0.2) is 5.82 Å². The number of nitrogens with one attached hydrogen (secondary N) is 1. The third-order valence-electron chi connectivity index (χ3n) is 7.28. The Kier molecular flexibility index (Phi) is 5.94. The fourth-order valence-corrected chi connectivity index (χ4v) is 5.35. The van der Waals surface area contributed by atoms with E-state index in [0.29, 0.717) is 24.0 Å². The molecule has 3 heterocycles. The highest BCUT2D eigenvalue weighted by molar-refractivity contribution is 5.91. The summed E-state index contributed by atoms with van der Waals surface area (Å²) < 4.78 is 1.96. The van der Waals surface area contributed by atoms with Gasteiger partial charge in [-0.05, 0) is 79.8 Å². The summed E-state index contributed by atoms with van der Waals surface area (Å²) >= 11 is 0. The first-order valence-corrected chi connectivity index (χ1v) is 12.2. The third-order valence-corrected chi connectivity index (χ3v) is 7.28. The minimum atomic E-state index is 0.0131. The average molecular weight is 457 g/mol. The number of carbonyl (C=O) groups is 1. The number of pyridine rings is 1. The van der Waals surface area contributed by atoms with Crippen LogP contribution in [-0.2, 0) is 11.2 Å². The lowest BCUT2D eigenvalue weighted by Crippen LogP contribution is -2.14. The number of rotatable bonds is 7. The van der Waals surface area contributed by atoms with Crippen LogP contribution in [0.25, 0.3) is 16.4 Å². The van der Waals surface area contributed by atoms with Crippen molar-refractivity contribution in [3.63, 3.8) is 0 Å². The van der Waals surface area contributed by atoms with Gasteiger partial charge in [-0.25, -0.2) is 14.5 Å². The van der Waals surface area contributed by atoms with Crippen LogP contribution in [0.15, 0.2) is 48.8 Å². The van der Waals surface area contributed by atoms with E-state index < -0.39 is 0 Å². The van der Waals surface area contributed by atoms with E-state index in [1.165, 1.54) is 24.0 Å². The molecule has 1 aliphatic carbocycles. The van der Waals surface area contributed by atoms with Gasteiger partial charge in [0.2, 0.25) is 5.91 Å². The highest BCUT2D eigenvalue weighted by Crippen LogP contribution is 2.49. The lowest BCUT2D eigenvalue weighted by atomic mass is 9.81. The summed E-state index contributed by atoms with van der Waals surface area (Å²) in [7, 11) is 0. The van der Waals surface area contributed by atoms with Gasteiger partial charge in [-0.3, -0.25) is 4.79 Å². The number of benzene rings is 1. The van der Waals surface area contributed by atoms with Crippen LogP contribution in [-0.4, -0.2) is 25.5 Å². The van der Waals surface area contributed by atoms with Crippen molar-refractivity contribution >= 4 is 34.0 Å². The summed E-state index contributed by atoms with van der Waals surface area (Å²) in [6.45, 7) is 4.41. The second kappa shape index (κ2) is 9.05. The standard InChI is InChI=1S/C27H32N6O/c1-3-4-25(34)32-24-10-7-19-6-5-18(15-21(19)31-24)11-13-27(2)14-12-20(16-27)22-8-9-23-26(28)29-17-30-33(22)23/h5-10,15,17,20H,3-4,11-14,16H2,1-2H3,(H2,28,29,30)(H,31,32,34)/t20?,27-/m1/s1. The Hall–Kier alpha value is -3.48. The van der Waals surface area contributed by atoms with Crippen molar-refractivity contribution in [3.8, 4) is 0 Å². The van der Waals surface area contributed by atoms with E-state index >= 15 is 0 Å². The second-order valence-electron chi connectivity index (χ2n) is 9.97. The van der Waals surface area contributed by atoms with E-state index in [2.05, 4.69) is 51.6 Å². The zero-order valence-electron chi connectivity index (χ0n) is 19.9. The molecule has 1 amide bonds. The fraction of sp³-hybridized carbons (Fsp3) is 0.407. The predicted octanol–water partition coefficient (Wildman–Crippen LogP) is 5.50. The Morgan fingerprint density at radius 1 is 1.24 bits per heavy atom. The van der Waals surface area contributed by atoms with Gasteiger partial charge in [0.1, 0.15) is 17.7 Å². The molecule has 0 saturated heterocycles. The van der Waals surface area contributed by atoms with Gasteiger partial charge in [0.25, 0.3) is 0 Å². The molecular weight excluding hydrogens is 424 g/mol. The number of nitrogen functional groups attached to an aromatic ring is 1. The molecule has 0 bridgehead atoms. The van der Waals surface area contributed by atoms with Crippen molar-refractivity contribution < 1.29 is 4.79 Å². The number of nitrogens with zero attached hydrogens (tertiary/aromatic N) is 4. The zero-order valence-corrected chi connectivity index (χ0v) is 19.9. The summed E-state index contributed by atoms with van der Waals surface area (Å²) in [4.78, 5) is 20.7.